The molecule has 0 aliphatic carbocycles. The van der Waals surface area contributed by atoms with Crippen LogP contribution in [0.25, 0.3) is 11.1 Å². The molecule has 198 valence electrons. The summed E-state index contributed by atoms with van der Waals surface area (Å²) in [5.41, 5.74) is 2.18. The summed E-state index contributed by atoms with van der Waals surface area (Å²) in [5.74, 6) is -0.534. The maximum atomic E-state index is 15.3. The summed E-state index contributed by atoms with van der Waals surface area (Å²) in [4.78, 5) is 14.4. The molecule has 0 spiro atoms. The first-order valence-corrected chi connectivity index (χ1v) is 13.9. The quantitative estimate of drug-likeness (QED) is 0.338. The third-order valence-electron chi connectivity index (χ3n) is 5.87. The van der Waals surface area contributed by atoms with E-state index in [0.29, 0.717) is 24.2 Å². The Hall–Kier alpha value is -2.49. The van der Waals surface area contributed by atoms with Crippen molar-refractivity contribution in [2.75, 3.05) is 32.6 Å². The molecule has 0 radical (unpaired) electrons. The zero-order chi connectivity index (χ0) is 26.5. The van der Waals surface area contributed by atoms with E-state index in [1.165, 1.54) is 6.07 Å². The second kappa shape index (κ2) is 11.7. The van der Waals surface area contributed by atoms with E-state index in [9.17, 15) is 13.2 Å². The fraction of sp³-hybridized carbons (Fsp3) is 0.519. The average molecular weight is 522 g/mol. The van der Waals surface area contributed by atoms with Crippen LogP contribution in [-0.2, 0) is 23.8 Å². The van der Waals surface area contributed by atoms with Crippen molar-refractivity contribution in [3.63, 3.8) is 0 Å². The number of nitrogens with zero attached hydrogens (tertiary/aromatic N) is 1. The zero-order valence-corrected chi connectivity index (χ0v) is 22.4. The van der Waals surface area contributed by atoms with Crippen LogP contribution in [-0.4, -0.2) is 57.6 Å². The van der Waals surface area contributed by atoms with Crippen LogP contribution in [0.2, 0.25) is 0 Å². The first-order valence-electron chi connectivity index (χ1n) is 12.1. The Balaban J connectivity index is 1.95. The standard InChI is InChI=1S/C27H36FNO6S/c1-19-9-6-10-20(17-19)24-22(12-7-13-23(24)28)25(33-15-16-34-36(5,31)32)21-11-8-14-29(18-21)26(30)35-27(2,3)4/h6-7,9-10,12-13,17,21,25H,8,11,14-16,18H2,1-5H3. The molecule has 2 aromatic rings. The molecule has 3 rings (SSSR count). The highest BCUT2D eigenvalue weighted by Gasteiger charge is 2.34. The lowest BCUT2D eigenvalue weighted by Gasteiger charge is -2.38. The molecular weight excluding hydrogens is 485 g/mol. The second-order valence-corrected chi connectivity index (χ2v) is 11.9. The Bertz CT molecular complexity index is 1160. The monoisotopic (exact) mass is 521 g/mol. The van der Waals surface area contributed by atoms with Crippen molar-refractivity contribution >= 4 is 16.2 Å². The number of likely N-dealkylation sites (tertiary alicyclic amines) is 1. The van der Waals surface area contributed by atoms with E-state index in [4.69, 9.17) is 13.7 Å². The molecule has 1 aliphatic heterocycles. The molecule has 2 aromatic carbocycles. The summed E-state index contributed by atoms with van der Waals surface area (Å²) in [5, 5.41) is 0. The van der Waals surface area contributed by atoms with E-state index >= 15 is 4.39 Å². The number of ether oxygens (including phenoxy) is 2. The van der Waals surface area contributed by atoms with Crippen molar-refractivity contribution in [2.24, 2.45) is 5.92 Å². The predicted octanol–water partition coefficient (Wildman–Crippen LogP) is 5.48. The molecule has 9 heteroatoms. The van der Waals surface area contributed by atoms with Gasteiger partial charge in [-0.05, 0) is 57.7 Å². The summed E-state index contributed by atoms with van der Waals surface area (Å²) in [7, 11) is -3.62. The van der Waals surface area contributed by atoms with Crippen molar-refractivity contribution in [1.29, 1.82) is 0 Å². The van der Waals surface area contributed by atoms with Gasteiger partial charge in [0.15, 0.2) is 0 Å². The van der Waals surface area contributed by atoms with Gasteiger partial charge in [0.2, 0.25) is 0 Å². The molecule has 1 aliphatic rings. The molecule has 0 aromatic heterocycles. The molecule has 0 N–H and O–H groups in total. The Morgan fingerprint density at radius 2 is 1.89 bits per heavy atom. The largest absolute Gasteiger partial charge is 0.444 e. The van der Waals surface area contributed by atoms with E-state index in [2.05, 4.69) is 0 Å². The first-order chi connectivity index (χ1) is 16.8. The van der Waals surface area contributed by atoms with Gasteiger partial charge in [0.25, 0.3) is 10.1 Å². The second-order valence-electron chi connectivity index (χ2n) is 10.2. The highest BCUT2D eigenvalue weighted by molar-refractivity contribution is 7.85. The smallest absolute Gasteiger partial charge is 0.410 e. The van der Waals surface area contributed by atoms with Gasteiger partial charge in [0.1, 0.15) is 11.4 Å². The summed E-state index contributed by atoms with van der Waals surface area (Å²) in [6.07, 6.45) is 1.47. The minimum Gasteiger partial charge on any atom is -0.444 e. The Morgan fingerprint density at radius 1 is 1.17 bits per heavy atom. The van der Waals surface area contributed by atoms with Crippen LogP contribution in [0.1, 0.15) is 50.8 Å². The molecule has 0 bridgehead atoms. The number of aryl methyl sites for hydroxylation is 1. The number of carbonyl (C=O) groups excluding carboxylic acids is 1. The van der Waals surface area contributed by atoms with Crippen molar-refractivity contribution in [3.05, 3.63) is 59.4 Å². The third kappa shape index (κ3) is 8.01. The van der Waals surface area contributed by atoms with Crippen molar-refractivity contribution in [3.8, 4) is 11.1 Å². The SMILES string of the molecule is Cc1cccc(-c2c(F)cccc2C(OCCOS(C)(=O)=O)C2CCCN(C(=O)OC(C)(C)C)C2)c1. The van der Waals surface area contributed by atoms with Gasteiger partial charge >= 0.3 is 6.09 Å². The minimum absolute atomic E-state index is 0.00948. The summed E-state index contributed by atoms with van der Waals surface area (Å²) >= 11 is 0. The minimum atomic E-state index is -3.62. The molecule has 2 unspecified atom stereocenters. The van der Waals surface area contributed by atoms with Gasteiger partial charge in [-0.3, -0.25) is 4.18 Å². The van der Waals surface area contributed by atoms with Crippen LogP contribution >= 0.6 is 0 Å². The van der Waals surface area contributed by atoms with Crippen LogP contribution < -0.4 is 0 Å². The van der Waals surface area contributed by atoms with Gasteiger partial charge in [0.05, 0.1) is 25.6 Å². The number of amides is 1. The van der Waals surface area contributed by atoms with Gasteiger partial charge in [-0.2, -0.15) is 8.42 Å². The predicted molar refractivity (Wildman–Crippen MR) is 137 cm³/mol. The molecule has 36 heavy (non-hydrogen) atoms. The van der Waals surface area contributed by atoms with E-state index in [0.717, 1.165) is 30.2 Å². The Kier molecular flexibility index (Phi) is 9.13. The lowest BCUT2D eigenvalue weighted by atomic mass is 9.84. The lowest BCUT2D eigenvalue weighted by Crippen LogP contribution is -2.44. The number of hydrogen-bond acceptors (Lipinski definition) is 6. The van der Waals surface area contributed by atoms with Crippen LogP contribution in [0.15, 0.2) is 42.5 Å². The van der Waals surface area contributed by atoms with E-state index < -0.39 is 27.9 Å². The highest BCUT2D eigenvalue weighted by atomic mass is 32.2. The fourth-order valence-corrected chi connectivity index (χ4v) is 4.84. The number of benzene rings is 2. The summed E-state index contributed by atoms with van der Waals surface area (Å²) in [6, 6.07) is 12.5. The summed E-state index contributed by atoms with van der Waals surface area (Å²) < 4.78 is 54.7. The molecule has 1 heterocycles. The number of rotatable bonds is 8. The zero-order valence-electron chi connectivity index (χ0n) is 21.6. The highest BCUT2D eigenvalue weighted by Crippen LogP contribution is 2.39. The van der Waals surface area contributed by atoms with Crippen LogP contribution in [0.3, 0.4) is 0 Å². The van der Waals surface area contributed by atoms with Gasteiger partial charge in [-0.15, -0.1) is 0 Å². The van der Waals surface area contributed by atoms with Crippen LogP contribution in [0, 0.1) is 18.7 Å². The number of halogens is 1. The third-order valence-corrected chi connectivity index (χ3v) is 6.47. The molecule has 7 nitrogen and oxygen atoms in total. The lowest BCUT2D eigenvalue weighted by molar-refractivity contribution is -0.0321. The normalized spacial score (nSPS) is 17.6. The topological polar surface area (TPSA) is 82.1 Å². The molecule has 1 fully saturated rings. The van der Waals surface area contributed by atoms with E-state index in [1.54, 1.807) is 11.0 Å². The Morgan fingerprint density at radius 3 is 2.56 bits per heavy atom. The van der Waals surface area contributed by atoms with Crippen LogP contribution in [0.5, 0.6) is 0 Å². The molecule has 2 atom stereocenters. The van der Waals surface area contributed by atoms with Crippen molar-refractivity contribution < 1.29 is 31.3 Å². The Labute approximate surface area is 213 Å². The van der Waals surface area contributed by atoms with Gasteiger partial charge < -0.3 is 14.4 Å². The van der Waals surface area contributed by atoms with Crippen molar-refractivity contribution in [2.45, 2.75) is 52.2 Å². The fourth-order valence-electron chi connectivity index (χ4n) is 4.47. The van der Waals surface area contributed by atoms with E-state index in [1.807, 2.05) is 58.0 Å². The molecule has 1 amide bonds. The molecular formula is C27H36FNO6S. The molecule has 1 saturated heterocycles. The maximum absolute atomic E-state index is 15.3. The summed E-state index contributed by atoms with van der Waals surface area (Å²) in [6.45, 7) is 8.17. The van der Waals surface area contributed by atoms with Gasteiger partial charge in [-0.1, -0.05) is 42.0 Å². The van der Waals surface area contributed by atoms with E-state index in [-0.39, 0.29) is 24.9 Å². The molecule has 0 saturated carbocycles. The number of carbonyl (C=O) groups is 1. The average Bonchev–Trinajstić information content (AvgIpc) is 2.77. The van der Waals surface area contributed by atoms with Crippen molar-refractivity contribution in [1.82, 2.24) is 4.90 Å². The maximum Gasteiger partial charge on any atom is 0.410 e. The first kappa shape index (κ1) is 28.1. The van der Waals surface area contributed by atoms with Crippen LogP contribution in [0.4, 0.5) is 9.18 Å². The van der Waals surface area contributed by atoms with Gasteiger partial charge in [0, 0.05) is 24.6 Å². The number of hydrogen-bond donors (Lipinski definition) is 0. The van der Waals surface area contributed by atoms with Gasteiger partial charge in [-0.25, -0.2) is 9.18 Å². The number of piperidine rings is 1.